The van der Waals surface area contributed by atoms with Crippen LogP contribution in [0.3, 0.4) is 0 Å². The Kier molecular flexibility index (Phi) is 10.2. The predicted octanol–water partition coefficient (Wildman–Crippen LogP) is 6.64. The first-order chi connectivity index (χ1) is 18.3. The van der Waals surface area contributed by atoms with Crippen LogP contribution in [-0.2, 0) is 5.75 Å². The Morgan fingerprint density at radius 1 is 1.26 bits per heavy atom. The van der Waals surface area contributed by atoms with Crippen molar-refractivity contribution in [3.05, 3.63) is 87.7 Å². The van der Waals surface area contributed by atoms with E-state index in [1.807, 2.05) is 18.4 Å². The number of aliphatic hydroxyl groups excluding tert-OH is 1. The fourth-order valence-electron chi connectivity index (χ4n) is 3.55. The van der Waals surface area contributed by atoms with Gasteiger partial charge in [-0.15, -0.1) is 11.3 Å². The Bertz CT molecular complexity index is 1480. The van der Waals surface area contributed by atoms with Gasteiger partial charge < -0.3 is 16.2 Å². The van der Waals surface area contributed by atoms with Gasteiger partial charge in [0, 0.05) is 23.3 Å². The molecule has 0 unspecified atom stereocenters. The molecule has 38 heavy (non-hydrogen) atoms. The molecule has 4 N–H and O–H groups in total. The van der Waals surface area contributed by atoms with E-state index in [4.69, 9.17) is 10.8 Å². The third-order valence-corrected chi connectivity index (χ3v) is 7.36. The molecule has 0 radical (unpaired) electrons. The SMILES string of the molecule is C=C/C(=C\C=C(/C)CCCO)c1c(C#N)c(N)nc(SCc2csc(Nc3cccc(C)c3F)n2)c1C#N. The summed E-state index contributed by atoms with van der Waals surface area (Å²) in [4.78, 5) is 8.86. The molecule has 0 aliphatic heterocycles. The molecule has 2 heterocycles. The first-order valence-corrected chi connectivity index (χ1v) is 13.5. The largest absolute Gasteiger partial charge is 0.396 e. The predicted molar refractivity (Wildman–Crippen MR) is 152 cm³/mol. The van der Waals surface area contributed by atoms with Crippen LogP contribution >= 0.6 is 23.1 Å². The molecule has 0 aliphatic rings. The van der Waals surface area contributed by atoms with Crippen molar-refractivity contribution in [2.45, 2.75) is 37.5 Å². The van der Waals surface area contributed by atoms with Crippen molar-refractivity contribution in [1.29, 1.82) is 10.5 Å². The molecule has 0 saturated heterocycles. The van der Waals surface area contributed by atoms with Crippen LogP contribution in [0.15, 0.2) is 59.0 Å². The number of nitrogens with zero attached hydrogens (tertiary/aromatic N) is 4. The Morgan fingerprint density at radius 3 is 2.71 bits per heavy atom. The summed E-state index contributed by atoms with van der Waals surface area (Å²) in [6, 6.07) is 9.37. The Morgan fingerprint density at radius 2 is 2.03 bits per heavy atom. The molecular formula is C28H27FN6OS2. The number of aryl methyl sites for hydroxylation is 1. The monoisotopic (exact) mass is 546 g/mol. The Labute approximate surface area is 229 Å². The van der Waals surface area contributed by atoms with Crippen molar-refractivity contribution in [3.63, 3.8) is 0 Å². The van der Waals surface area contributed by atoms with Gasteiger partial charge in [-0.1, -0.05) is 54.3 Å². The minimum absolute atomic E-state index is 0.0216. The van der Waals surface area contributed by atoms with Crippen LogP contribution < -0.4 is 11.1 Å². The summed E-state index contributed by atoms with van der Waals surface area (Å²) in [6.07, 6.45) is 6.59. The van der Waals surface area contributed by atoms with Gasteiger partial charge in [-0.2, -0.15) is 10.5 Å². The van der Waals surface area contributed by atoms with Crippen molar-refractivity contribution in [1.82, 2.24) is 9.97 Å². The van der Waals surface area contributed by atoms with E-state index < -0.39 is 0 Å². The van der Waals surface area contributed by atoms with Gasteiger partial charge in [0.1, 0.15) is 34.4 Å². The number of aliphatic hydroxyl groups is 1. The van der Waals surface area contributed by atoms with Crippen LogP contribution in [-0.4, -0.2) is 21.7 Å². The van der Waals surface area contributed by atoms with Gasteiger partial charge >= 0.3 is 0 Å². The number of halogens is 1. The number of thioether (sulfide) groups is 1. The van der Waals surface area contributed by atoms with Crippen molar-refractivity contribution in [2.75, 3.05) is 17.7 Å². The zero-order chi connectivity index (χ0) is 27.7. The lowest BCUT2D eigenvalue weighted by atomic mass is 9.96. The maximum absolute atomic E-state index is 14.3. The molecule has 0 fully saturated rings. The fourth-order valence-corrected chi connectivity index (χ4v) is 5.27. The number of pyridine rings is 1. The molecule has 1 aromatic carbocycles. The number of nitrogens with two attached hydrogens (primary N) is 1. The Balaban J connectivity index is 1.90. The fraction of sp³-hybridized carbons (Fsp3) is 0.214. The number of rotatable bonds is 11. The molecule has 194 valence electrons. The second-order valence-corrected chi connectivity index (χ2v) is 10.1. The number of nitrogen functional groups attached to an aromatic ring is 1. The van der Waals surface area contributed by atoms with Crippen LogP contribution in [0.5, 0.6) is 0 Å². The van der Waals surface area contributed by atoms with Crippen molar-refractivity contribution < 1.29 is 9.50 Å². The lowest BCUT2D eigenvalue weighted by Crippen LogP contribution is -2.05. The molecule has 2 aromatic heterocycles. The molecule has 7 nitrogen and oxygen atoms in total. The summed E-state index contributed by atoms with van der Waals surface area (Å²) >= 11 is 2.62. The number of hydrogen-bond acceptors (Lipinski definition) is 9. The van der Waals surface area contributed by atoms with E-state index in [1.54, 1.807) is 37.3 Å². The average Bonchev–Trinajstić information content (AvgIpc) is 3.36. The van der Waals surface area contributed by atoms with E-state index in [2.05, 4.69) is 34.0 Å². The molecule has 0 atom stereocenters. The van der Waals surface area contributed by atoms with Crippen LogP contribution in [0.4, 0.5) is 21.0 Å². The molecule has 3 aromatic rings. The highest BCUT2D eigenvalue weighted by Gasteiger charge is 2.21. The van der Waals surface area contributed by atoms with E-state index in [-0.39, 0.29) is 29.4 Å². The normalized spacial score (nSPS) is 11.6. The quantitative estimate of drug-likeness (QED) is 0.180. The van der Waals surface area contributed by atoms with Gasteiger partial charge in [-0.05, 0) is 43.9 Å². The molecule has 0 spiro atoms. The van der Waals surface area contributed by atoms with Gasteiger partial charge in [0.25, 0.3) is 0 Å². The van der Waals surface area contributed by atoms with E-state index in [1.165, 1.54) is 23.1 Å². The highest BCUT2D eigenvalue weighted by Crippen LogP contribution is 2.35. The second kappa shape index (κ2) is 13.5. The minimum Gasteiger partial charge on any atom is -0.396 e. The number of nitrogens with one attached hydrogen (secondary N) is 1. The summed E-state index contributed by atoms with van der Waals surface area (Å²) in [5.41, 5.74) is 10.0. The number of aromatic nitrogens is 2. The van der Waals surface area contributed by atoms with E-state index in [9.17, 15) is 14.9 Å². The van der Waals surface area contributed by atoms with E-state index in [0.717, 1.165) is 5.57 Å². The third-order valence-electron chi connectivity index (χ3n) is 5.54. The van der Waals surface area contributed by atoms with Crippen LogP contribution in [0.2, 0.25) is 0 Å². The van der Waals surface area contributed by atoms with Gasteiger partial charge in [-0.3, -0.25) is 0 Å². The lowest BCUT2D eigenvalue weighted by molar-refractivity contribution is 0.288. The summed E-state index contributed by atoms with van der Waals surface area (Å²) < 4.78 is 14.3. The van der Waals surface area contributed by atoms with E-state index >= 15 is 0 Å². The highest BCUT2D eigenvalue weighted by molar-refractivity contribution is 7.98. The summed E-state index contributed by atoms with van der Waals surface area (Å²) in [7, 11) is 0. The number of anilines is 3. The molecule has 0 bridgehead atoms. The van der Waals surface area contributed by atoms with Crippen LogP contribution in [0, 0.1) is 35.4 Å². The standard InChI is InChI=1S/C28H27FN6OS2/c1-4-19(11-10-17(2)7-6-12-36)24-21(13-30)26(32)35-27(22(24)14-31)37-15-20-16-38-28(33-20)34-23-9-5-8-18(3)25(23)29/h4-5,8-11,16,36H,1,6-7,12,15H2,2-3H3,(H2,32,35)(H,33,34)/b17-10+,19-11+. The first-order valence-electron chi connectivity index (χ1n) is 11.7. The van der Waals surface area contributed by atoms with Crippen LogP contribution in [0.1, 0.15) is 47.7 Å². The molecule has 0 saturated carbocycles. The maximum atomic E-state index is 14.3. The summed E-state index contributed by atoms with van der Waals surface area (Å²) in [5, 5.41) is 34.7. The molecule has 3 rings (SSSR count). The Hall–Kier alpha value is -3.96. The van der Waals surface area contributed by atoms with Gasteiger partial charge in [0.15, 0.2) is 5.13 Å². The number of benzene rings is 1. The highest BCUT2D eigenvalue weighted by atomic mass is 32.2. The third kappa shape index (κ3) is 6.87. The summed E-state index contributed by atoms with van der Waals surface area (Å²) in [6.45, 7) is 7.60. The molecule has 0 aliphatic carbocycles. The van der Waals surface area contributed by atoms with Crippen molar-refractivity contribution in [3.8, 4) is 12.1 Å². The number of nitriles is 2. The zero-order valence-corrected chi connectivity index (χ0v) is 22.7. The summed E-state index contributed by atoms with van der Waals surface area (Å²) in [5.74, 6) is 0.0775. The van der Waals surface area contributed by atoms with Crippen molar-refractivity contribution in [2.24, 2.45) is 0 Å². The number of allylic oxidation sites excluding steroid dienone is 5. The van der Waals surface area contributed by atoms with Crippen LogP contribution in [0.25, 0.3) is 5.57 Å². The molecule has 0 amide bonds. The van der Waals surface area contributed by atoms with Gasteiger partial charge in [0.05, 0.1) is 16.9 Å². The molecule has 10 heteroatoms. The zero-order valence-electron chi connectivity index (χ0n) is 21.1. The van der Waals surface area contributed by atoms with Gasteiger partial charge in [-0.25, -0.2) is 14.4 Å². The average molecular weight is 547 g/mol. The lowest BCUT2D eigenvalue weighted by Gasteiger charge is -2.13. The van der Waals surface area contributed by atoms with E-state index in [0.29, 0.717) is 56.8 Å². The molecular weight excluding hydrogens is 519 g/mol. The maximum Gasteiger partial charge on any atom is 0.187 e. The number of hydrogen-bond donors (Lipinski definition) is 3. The van der Waals surface area contributed by atoms with Crippen molar-refractivity contribution >= 4 is 45.3 Å². The second-order valence-electron chi connectivity index (χ2n) is 8.31. The van der Waals surface area contributed by atoms with Gasteiger partial charge in [0.2, 0.25) is 0 Å². The topological polar surface area (TPSA) is 132 Å². The minimum atomic E-state index is -0.327. The smallest absolute Gasteiger partial charge is 0.187 e. The first kappa shape index (κ1) is 28.6. The number of thiazole rings is 1.